The number of hydrogen-bond donors (Lipinski definition) is 2. The van der Waals surface area contributed by atoms with Crippen LogP contribution in [0.15, 0.2) is 17.1 Å². The minimum atomic E-state index is -0.296. The van der Waals surface area contributed by atoms with Crippen LogP contribution in [0.4, 0.5) is 5.82 Å². The van der Waals surface area contributed by atoms with E-state index in [2.05, 4.69) is 24.1 Å². The lowest BCUT2D eigenvalue weighted by atomic mass is 10.4. The molecule has 78 valence electrons. The summed E-state index contributed by atoms with van der Waals surface area (Å²) in [5, 5.41) is 3.22. The lowest BCUT2D eigenvalue weighted by Gasteiger charge is -2.08. The van der Waals surface area contributed by atoms with Crippen LogP contribution in [0.25, 0.3) is 0 Å². The topological polar surface area (TPSA) is 72.9 Å². The lowest BCUT2D eigenvalue weighted by Crippen LogP contribution is -2.31. The van der Waals surface area contributed by atoms with Crippen LogP contribution in [0.5, 0.6) is 0 Å². The first-order chi connectivity index (χ1) is 6.59. The summed E-state index contributed by atoms with van der Waals surface area (Å²) in [4.78, 5) is 14.9. The van der Waals surface area contributed by atoms with Crippen molar-refractivity contribution in [2.45, 2.75) is 26.4 Å². The maximum absolute atomic E-state index is 11.3. The summed E-state index contributed by atoms with van der Waals surface area (Å²) in [6, 6.07) is 2.05. The molecule has 5 heteroatoms. The van der Waals surface area contributed by atoms with E-state index in [1.807, 2.05) is 0 Å². The Bertz CT molecular complexity index is 345. The second-order valence-electron chi connectivity index (χ2n) is 3.44. The van der Waals surface area contributed by atoms with Crippen LogP contribution in [-0.4, -0.2) is 22.1 Å². The molecule has 14 heavy (non-hydrogen) atoms. The van der Waals surface area contributed by atoms with E-state index in [1.165, 1.54) is 4.57 Å². The van der Waals surface area contributed by atoms with Gasteiger partial charge in [0.15, 0.2) is 0 Å². The van der Waals surface area contributed by atoms with Crippen molar-refractivity contribution in [3.63, 3.8) is 0 Å². The molecule has 0 spiro atoms. The molecule has 0 aliphatic heterocycles. The van der Waals surface area contributed by atoms with Crippen LogP contribution >= 0.6 is 0 Å². The van der Waals surface area contributed by atoms with Gasteiger partial charge in [0.05, 0.1) is 0 Å². The van der Waals surface area contributed by atoms with Crippen LogP contribution in [0.2, 0.25) is 0 Å². The van der Waals surface area contributed by atoms with Crippen molar-refractivity contribution in [3.05, 3.63) is 22.7 Å². The van der Waals surface area contributed by atoms with Crippen molar-refractivity contribution in [3.8, 4) is 0 Å². The SMILES string of the molecule is CC(C)NCCn1ccc(N)nc1=O. The fourth-order valence-electron chi connectivity index (χ4n) is 1.09. The van der Waals surface area contributed by atoms with E-state index >= 15 is 0 Å². The molecule has 0 fully saturated rings. The van der Waals surface area contributed by atoms with Crippen LogP contribution < -0.4 is 16.7 Å². The Labute approximate surface area is 83.0 Å². The van der Waals surface area contributed by atoms with Gasteiger partial charge in [0.2, 0.25) is 0 Å². The van der Waals surface area contributed by atoms with Gasteiger partial charge >= 0.3 is 5.69 Å². The first-order valence-corrected chi connectivity index (χ1v) is 4.66. The number of nitrogen functional groups attached to an aromatic ring is 1. The Balaban J connectivity index is 2.55. The Hall–Kier alpha value is -1.36. The molecule has 1 rings (SSSR count). The highest BCUT2D eigenvalue weighted by Gasteiger charge is 1.97. The summed E-state index contributed by atoms with van der Waals surface area (Å²) in [7, 11) is 0. The van der Waals surface area contributed by atoms with E-state index in [4.69, 9.17) is 5.73 Å². The zero-order valence-electron chi connectivity index (χ0n) is 8.53. The van der Waals surface area contributed by atoms with Gasteiger partial charge in [-0.05, 0) is 6.07 Å². The largest absolute Gasteiger partial charge is 0.383 e. The van der Waals surface area contributed by atoms with Gasteiger partial charge < -0.3 is 11.1 Å². The Morgan fingerprint density at radius 3 is 2.93 bits per heavy atom. The Kier molecular flexibility index (Phi) is 3.64. The third-order valence-electron chi connectivity index (χ3n) is 1.80. The van der Waals surface area contributed by atoms with Crippen molar-refractivity contribution in [2.75, 3.05) is 12.3 Å². The van der Waals surface area contributed by atoms with Gasteiger partial charge in [-0.2, -0.15) is 4.98 Å². The molecule has 0 unspecified atom stereocenters. The third kappa shape index (κ3) is 3.18. The number of nitrogens with one attached hydrogen (secondary N) is 1. The predicted octanol–water partition coefficient (Wildman–Crippen LogP) is -0.177. The van der Waals surface area contributed by atoms with Crippen molar-refractivity contribution in [1.29, 1.82) is 0 Å². The molecule has 0 bridgehead atoms. The summed E-state index contributed by atoms with van der Waals surface area (Å²) in [5.41, 5.74) is 5.07. The predicted molar refractivity (Wildman–Crippen MR) is 56.0 cm³/mol. The highest BCUT2D eigenvalue weighted by molar-refractivity contribution is 5.23. The van der Waals surface area contributed by atoms with Crippen molar-refractivity contribution < 1.29 is 0 Å². The van der Waals surface area contributed by atoms with Crippen molar-refractivity contribution in [1.82, 2.24) is 14.9 Å². The summed E-state index contributed by atoms with van der Waals surface area (Å²) in [6.07, 6.45) is 1.66. The average Bonchev–Trinajstić information content (AvgIpc) is 2.08. The number of rotatable bonds is 4. The maximum Gasteiger partial charge on any atom is 0.349 e. The molecule has 1 aromatic heterocycles. The minimum absolute atomic E-state index is 0.267. The van der Waals surface area contributed by atoms with E-state index in [0.29, 0.717) is 12.6 Å². The number of aromatic nitrogens is 2. The smallest absolute Gasteiger partial charge is 0.349 e. The van der Waals surface area contributed by atoms with Crippen molar-refractivity contribution >= 4 is 5.82 Å². The summed E-state index contributed by atoms with van der Waals surface area (Å²) in [5.74, 6) is 0.267. The van der Waals surface area contributed by atoms with E-state index in [-0.39, 0.29) is 11.5 Å². The van der Waals surface area contributed by atoms with Gasteiger partial charge in [-0.15, -0.1) is 0 Å². The van der Waals surface area contributed by atoms with Crippen LogP contribution in [0.3, 0.4) is 0 Å². The lowest BCUT2D eigenvalue weighted by molar-refractivity contribution is 0.529. The molecule has 1 aromatic rings. The zero-order valence-corrected chi connectivity index (χ0v) is 8.53. The molecule has 0 radical (unpaired) electrons. The number of hydrogen-bond acceptors (Lipinski definition) is 4. The average molecular weight is 196 g/mol. The van der Waals surface area contributed by atoms with Crippen LogP contribution in [0.1, 0.15) is 13.8 Å². The fraction of sp³-hybridized carbons (Fsp3) is 0.556. The molecule has 0 atom stereocenters. The highest BCUT2D eigenvalue weighted by Crippen LogP contribution is 1.88. The Morgan fingerprint density at radius 2 is 2.36 bits per heavy atom. The molecular formula is C9H16N4O. The minimum Gasteiger partial charge on any atom is -0.383 e. The normalized spacial score (nSPS) is 10.8. The molecular weight excluding hydrogens is 180 g/mol. The summed E-state index contributed by atoms with van der Waals surface area (Å²) in [6.45, 7) is 5.49. The van der Waals surface area contributed by atoms with Gasteiger partial charge in [0.25, 0.3) is 0 Å². The first-order valence-electron chi connectivity index (χ1n) is 4.66. The molecule has 0 aliphatic carbocycles. The maximum atomic E-state index is 11.3. The van der Waals surface area contributed by atoms with Gasteiger partial charge in [0, 0.05) is 25.3 Å². The van der Waals surface area contributed by atoms with E-state index < -0.39 is 0 Å². The first kappa shape index (κ1) is 10.7. The van der Waals surface area contributed by atoms with E-state index in [9.17, 15) is 4.79 Å². The van der Waals surface area contributed by atoms with Crippen LogP contribution in [-0.2, 0) is 6.54 Å². The molecule has 0 aliphatic rings. The van der Waals surface area contributed by atoms with E-state index in [0.717, 1.165) is 6.54 Å². The molecule has 0 aromatic carbocycles. The second-order valence-corrected chi connectivity index (χ2v) is 3.44. The number of nitrogens with zero attached hydrogens (tertiary/aromatic N) is 2. The number of anilines is 1. The van der Waals surface area contributed by atoms with Gasteiger partial charge in [-0.3, -0.25) is 4.57 Å². The van der Waals surface area contributed by atoms with Crippen molar-refractivity contribution in [2.24, 2.45) is 0 Å². The summed E-state index contributed by atoms with van der Waals surface area (Å²) >= 11 is 0. The van der Waals surface area contributed by atoms with E-state index in [1.54, 1.807) is 12.3 Å². The molecule has 1 heterocycles. The van der Waals surface area contributed by atoms with Gasteiger partial charge in [-0.1, -0.05) is 13.8 Å². The monoisotopic (exact) mass is 196 g/mol. The fourth-order valence-corrected chi connectivity index (χ4v) is 1.09. The van der Waals surface area contributed by atoms with Gasteiger partial charge in [0.1, 0.15) is 5.82 Å². The number of nitrogens with two attached hydrogens (primary N) is 1. The zero-order chi connectivity index (χ0) is 10.6. The molecule has 0 saturated heterocycles. The second kappa shape index (κ2) is 4.76. The molecule has 5 nitrogen and oxygen atoms in total. The highest BCUT2D eigenvalue weighted by atomic mass is 16.1. The Morgan fingerprint density at radius 1 is 1.64 bits per heavy atom. The standard InChI is InChI=1S/C9H16N4O/c1-7(2)11-4-6-13-5-3-8(10)12-9(13)14/h3,5,7,11H,4,6H2,1-2H3,(H2,10,12,14). The molecule has 0 saturated carbocycles. The molecule has 3 N–H and O–H groups in total. The summed E-state index contributed by atoms with van der Waals surface area (Å²) < 4.78 is 1.53. The van der Waals surface area contributed by atoms with Crippen LogP contribution in [0, 0.1) is 0 Å². The van der Waals surface area contributed by atoms with Gasteiger partial charge in [-0.25, -0.2) is 4.79 Å². The molecule has 0 amide bonds. The third-order valence-corrected chi connectivity index (χ3v) is 1.80. The quantitative estimate of drug-likeness (QED) is 0.701.